The Kier molecular flexibility index (Phi) is 4.14. The predicted octanol–water partition coefficient (Wildman–Crippen LogP) is 7.07. The molecule has 0 unspecified atom stereocenters. The first-order valence-electron chi connectivity index (χ1n) is 9.84. The smallest absolute Gasteiger partial charge is 0.0485 e. The first-order chi connectivity index (χ1) is 12.8. The predicted molar refractivity (Wildman–Crippen MR) is 118 cm³/mol. The third-order valence-corrected chi connectivity index (χ3v) is 5.64. The van der Waals surface area contributed by atoms with Gasteiger partial charge in [0.05, 0.1) is 0 Å². The molecular formula is C26H29N. The van der Waals surface area contributed by atoms with Crippen molar-refractivity contribution in [3.8, 4) is 0 Å². The van der Waals surface area contributed by atoms with Crippen LogP contribution in [0.25, 0.3) is 21.7 Å². The molecule has 138 valence electrons. The Morgan fingerprint density at radius 1 is 0.741 bits per heavy atom. The summed E-state index contributed by atoms with van der Waals surface area (Å²) in [5, 5.41) is 4.02. The number of hydrogen-bond donors (Lipinski definition) is 0. The zero-order chi connectivity index (χ0) is 19.2. The average molecular weight is 356 g/mol. The summed E-state index contributed by atoms with van der Waals surface area (Å²) in [5.74, 6) is 0. The van der Waals surface area contributed by atoms with Gasteiger partial charge in [-0.1, -0.05) is 62.4 Å². The second kappa shape index (κ2) is 6.27. The molecule has 0 bridgehead atoms. The van der Waals surface area contributed by atoms with E-state index in [0.717, 1.165) is 6.42 Å². The lowest BCUT2D eigenvalue weighted by molar-refractivity contribution is 0.411. The second-order valence-electron chi connectivity index (χ2n) is 9.34. The number of hydrogen-bond acceptors (Lipinski definition) is 0. The molecule has 0 aliphatic rings. The third-order valence-electron chi connectivity index (χ3n) is 5.64. The van der Waals surface area contributed by atoms with E-state index in [0.29, 0.717) is 0 Å². The molecule has 0 aliphatic carbocycles. The average Bonchev–Trinajstić information content (AvgIpc) is 3.04. The summed E-state index contributed by atoms with van der Waals surface area (Å²) < 4.78 is 2.36. The number of rotatable bonds is 3. The lowest BCUT2D eigenvalue weighted by Gasteiger charge is -2.27. The number of nitrogens with zero attached hydrogens (tertiary/aromatic N) is 1. The van der Waals surface area contributed by atoms with Crippen LogP contribution in [0.5, 0.6) is 0 Å². The van der Waals surface area contributed by atoms with Crippen molar-refractivity contribution in [1.29, 1.82) is 0 Å². The van der Waals surface area contributed by atoms with Gasteiger partial charge >= 0.3 is 0 Å². The van der Waals surface area contributed by atoms with Crippen molar-refractivity contribution in [2.24, 2.45) is 0 Å². The van der Waals surface area contributed by atoms with Gasteiger partial charge in [0.15, 0.2) is 0 Å². The van der Waals surface area contributed by atoms with E-state index in [1.54, 1.807) is 0 Å². The van der Waals surface area contributed by atoms with Crippen molar-refractivity contribution in [3.05, 3.63) is 84.1 Å². The lowest BCUT2D eigenvalue weighted by atomic mass is 9.77. The summed E-state index contributed by atoms with van der Waals surface area (Å²) in [4.78, 5) is 0. The van der Waals surface area contributed by atoms with Crippen molar-refractivity contribution in [3.63, 3.8) is 0 Å². The quantitative estimate of drug-likeness (QED) is 0.370. The van der Waals surface area contributed by atoms with Gasteiger partial charge in [-0.2, -0.15) is 0 Å². The highest BCUT2D eigenvalue weighted by Gasteiger charge is 2.24. The third kappa shape index (κ3) is 3.27. The van der Waals surface area contributed by atoms with Crippen LogP contribution in [-0.4, -0.2) is 4.57 Å². The molecule has 4 aromatic rings. The Morgan fingerprint density at radius 2 is 1.48 bits per heavy atom. The number of aromatic nitrogens is 1. The van der Waals surface area contributed by atoms with Crippen LogP contribution in [0.2, 0.25) is 0 Å². The van der Waals surface area contributed by atoms with Crippen molar-refractivity contribution in [2.45, 2.75) is 52.0 Å². The molecule has 1 heterocycles. The van der Waals surface area contributed by atoms with E-state index in [9.17, 15) is 0 Å². The molecular weight excluding hydrogens is 326 g/mol. The first kappa shape index (κ1) is 17.9. The number of benzene rings is 3. The van der Waals surface area contributed by atoms with Gasteiger partial charge in [-0.3, -0.25) is 0 Å². The largest absolute Gasteiger partial charge is 0.342 e. The fraction of sp³-hybridized carbons (Fsp3) is 0.308. The van der Waals surface area contributed by atoms with E-state index in [1.807, 2.05) is 0 Å². The van der Waals surface area contributed by atoms with Gasteiger partial charge in [-0.25, -0.2) is 0 Å². The van der Waals surface area contributed by atoms with E-state index < -0.39 is 0 Å². The van der Waals surface area contributed by atoms with Gasteiger partial charge in [-0.05, 0) is 78.1 Å². The van der Waals surface area contributed by atoms with Crippen LogP contribution in [-0.2, 0) is 17.4 Å². The molecule has 1 aromatic heterocycles. The maximum atomic E-state index is 2.37. The Hall–Kier alpha value is -2.54. The van der Waals surface area contributed by atoms with Crippen molar-refractivity contribution >= 4 is 21.7 Å². The Labute approximate surface area is 162 Å². The highest BCUT2D eigenvalue weighted by Crippen LogP contribution is 2.34. The minimum Gasteiger partial charge on any atom is -0.342 e. The van der Waals surface area contributed by atoms with Crippen molar-refractivity contribution in [1.82, 2.24) is 4.57 Å². The van der Waals surface area contributed by atoms with E-state index in [4.69, 9.17) is 0 Å². The van der Waals surface area contributed by atoms with Gasteiger partial charge < -0.3 is 4.57 Å². The second-order valence-corrected chi connectivity index (χ2v) is 9.34. The van der Waals surface area contributed by atoms with Crippen LogP contribution >= 0.6 is 0 Å². The van der Waals surface area contributed by atoms with Gasteiger partial charge in [0, 0.05) is 17.3 Å². The van der Waals surface area contributed by atoms with Gasteiger partial charge in [-0.15, -0.1) is 0 Å². The molecule has 0 radical (unpaired) electrons. The van der Waals surface area contributed by atoms with E-state index in [-0.39, 0.29) is 11.0 Å². The normalized spacial score (nSPS) is 12.8. The molecule has 0 spiro atoms. The molecule has 3 aromatic carbocycles. The molecule has 0 saturated carbocycles. The fourth-order valence-electron chi connectivity index (χ4n) is 4.31. The van der Waals surface area contributed by atoms with Crippen LogP contribution < -0.4 is 0 Å². The summed E-state index contributed by atoms with van der Waals surface area (Å²) in [5.41, 5.74) is 4.31. The topological polar surface area (TPSA) is 4.93 Å². The molecule has 4 rings (SSSR count). The summed E-state index contributed by atoms with van der Waals surface area (Å²) >= 11 is 0. The van der Waals surface area contributed by atoms with Crippen LogP contribution in [0, 0.1) is 0 Å². The highest BCUT2D eigenvalue weighted by atomic mass is 15.0. The Bertz CT molecular complexity index is 1100. The minimum atomic E-state index is 0.0706. The summed E-state index contributed by atoms with van der Waals surface area (Å²) in [6, 6.07) is 24.6. The highest BCUT2D eigenvalue weighted by molar-refractivity contribution is 5.86. The Balaban J connectivity index is 1.72. The molecule has 0 saturated heterocycles. The van der Waals surface area contributed by atoms with Gasteiger partial charge in [0.1, 0.15) is 0 Å². The minimum absolute atomic E-state index is 0.0706. The van der Waals surface area contributed by atoms with E-state index in [1.165, 1.54) is 32.8 Å². The molecule has 0 fully saturated rings. The SMILES string of the molecule is CC(C)(Cc1ccc2c(ccn2C(C)(C)C)c1)c1cccc2ccccc12. The van der Waals surface area contributed by atoms with Crippen molar-refractivity contribution in [2.75, 3.05) is 0 Å². The summed E-state index contributed by atoms with van der Waals surface area (Å²) in [6.45, 7) is 11.5. The van der Waals surface area contributed by atoms with Gasteiger partial charge in [0.25, 0.3) is 0 Å². The standard InChI is InChI=1S/C26H29N/c1-25(2,3)27-16-15-21-17-19(13-14-24(21)27)18-26(4,5)23-12-8-10-20-9-6-7-11-22(20)23/h6-17H,18H2,1-5H3. The first-order valence-corrected chi connectivity index (χ1v) is 9.84. The van der Waals surface area contributed by atoms with Crippen LogP contribution in [0.1, 0.15) is 45.7 Å². The maximum absolute atomic E-state index is 2.37. The van der Waals surface area contributed by atoms with Crippen LogP contribution in [0.3, 0.4) is 0 Å². The Morgan fingerprint density at radius 3 is 2.26 bits per heavy atom. The summed E-state index contributed by atoms with van der Waals surface area (Å²) in [6.07, 6.45) is 3.24. The molecule has 0 aliphatic heterocycles. The molecule has 1 nitrogen and oxygen atoms in total. The van der Waals surface area contributed by atoms with Gasteiger partial charge in [0.2, 0.25) is 0 Å². The molecule has 0 atom stereocenters. The fourth-order valence-corrected chi connectivity index (χ4v) is 4.31. The lowest BCUT2D eigenvalue weighted by Crippen LogP contribution is -2.21. The molecule has 0 N–H and O–H groups in total. The van der Waals surface area contributed by atoms with Crippen LogP contribution in [0.4, 0.5) is 0 Å². The van der Waals surface area contributed by atoms with E-state index >= 15 is 0 Å². The number of fused-ring (bicyclic) bond motifs is 2. The molecule has 0 amide bonds. The van der Waals surface area contributed by atoms with Crippen molar-refractivity contribution < 1.29 is 0 Å². The molecule has 1 heteroatoms. The zero-order valence-corrected chi connectivity index (χ0v) is 17.1. The molecule has 27 heavy (non-hydrogen) atoms. The monoisotopic (exact) mass is 355 g/mol. The summed E-state index contributed by atoms with van der Waals surface area (Å²) in [7, 11) is 0. The maximum Gasteiger partial charge on any atom is 0.0485 e. The zero-order valence-electron chi connectivity index (χ0n) is 17.1. The van der Waals surface area contributed by atoms with E-state index in [2.05, 4.69) is 112 Å². The van der Waals surface area contributed by atoms with Crippen LogP contribution in [0.15, 0.2) is 72.9 Å².